The van der Waals surface area contributed by atoms with Gasteiger partial charge >= 0.3 is 0 Å². The second-order valence-electron chi connectivity index (χ2n) is 18.9. The van der Waals surface area contributed by atoms with Gasteiger partial charge in [-0.3, -0.25) is 9.45 Å². The summed E-state index contributed by atoms with van der Waals surface area (Å²) in [6.07, 6.45) is 12.0. The monoisotopic (exact) mass is 863 g/mol. The van der Waals surface area contributed by atoms with Crippen LogP contribution in [0.1, 0.15) is 75.0 Å². The second-order valence-corrected chi connectivity index (χ2v) is 23.5. The van der Waals surface area contributed by atoms with Gasteiger partial charge in [0, 0.05) is 22.0 Å². The van der Waals surface area contributed by atoms with E-state index < -0.39 is 8.24 Å². The lowest BCUT2D eigenvalue weighted by Gasteiger charge is -2.28. The fourth-order valence-corrected chi connectivity index (χ4v) is 11.0. The highest BCUT2D eigenvalue weighted by Crippen LogP contribution is 2.48. The number of hydrogen-bond donors (Lipinski definition) is 0. The van der Waals surface area contributed by atoms with Crippen molar-refractivity contribution < 1.29 is 4.79 Å². The van der Waals surface area contributed by atoms with Crippen molar-refractivity contribution in [3.8, 4) is 28.4 Å². The number of carbonyl (C=O) groups is 1. The van der Waals surface area contributed by atoms with Gasteiger partial charge in [-0.2, -0.15) is 10.3 Å². The molecule has 0 aliphatic heterocycles. The van der Waals surface area contributed by atoms with Gasteiger partial charge in [-0.25, -0.2) is 9.69 Å². The molecule has 0 heterocycles. The van der Waals surface area contributed by atoms with Gasteiger partial charge in [-0.15, -0.1) is 0 Å². The molecular formula is C58H53N5OSi. The molecule has 2 unspecified atom stereocenters. The summed E-state index contributed by atoms with van der Waals surface area (Å²) < 4.78 is 4.03. The Kier molecular flexibility index (Phi) is 12.9. The lowest BCUT2D eigenvalue weighted by molar-refractivity contribution is 0.0804. The number of carbonyl (C=O) groups excluding carboxylic acids is 1. The number of ketones is 1. The molecule has 2 spiro atoms. The van der Waals surface area contributed by atoms with Crippen LogP contribution in [0.4, 0.5) is 11.4 Å². The Labute approximate surface area is 385 Å². The highest BCUT2D eigenvalue weighted by Gasteiger charge is 2.47. The van der Waals surface area contributed by atoms with Crippen LogP contribution in [0.3, 0.4) is 0 Å². The summed E-state index contributed by atoms with van der Waals surface area (Å²) >= 11 is 0. The summed E-state index contributed by atoms with van der Waals surface area (Å²) in [6, 6.07) is 45.4. The Morgan fingerprint density at radius 1 is 0.585 bits per heavy atom. The fourth-order valence-electron chi connectivity index (χ4n) is 10.5. The van der Waals surface area contributed by atoms with Gasteiger partial charge in [0.25, 0.3) is 0 Å². The molecule has 0 radical (unpaired) electrons. The maximum absolute atomic E-state index is 13.6. The molecule has 0 N–H and O–H groups in total. The molecule has 2 atom stereocenters. The quantitative estimate of drug-likeness (QED) is 0.0769. The minimum Gasteiger partial charge on any atom is -0.294 e. The first kappa shape index (κ1) is 44.4. The van der Waals surface area contributed by atoms with Crippen LogP contribution in [0.5, 0.6) is 0 Å². The lowest BCUT2D eigenvalue weighted by atomic mass is 9.75. The van der Waals surface area contributed by atoms with Crippen molar-refractivity contribution in [1.29, 1.82) is 5.26 Å². The predicted molar refractivity (Wildman–Crippen MR) is 268 cm³/mol. The fraction of sp³-hybridized carbons (Fsp3) is 0.259. The average Bonchev–Trinajstić information content (AvgIpc) is 3.55. The van der Waals surface area contributed by atoms with Gasteiger partial charge < -0.3 is 0 Å². The molecule has 0 saturated heterocycles. The zero-order valence-corrected chi connectivity index (χ0v) is 38.6. The molecule has 65 heavy (non-hydrogen) atoms. The van der Waals surface area contributed by atoms with Crippen molar-refractivity contribution in [2.45, 2.75) is 83.8 Å². The van der Waals surface area contributed by atoms with E-state index in [9.17, 15) is 10.1 Å². The number of aryl methyl sites for hydroxylation is 2. The van der Waals surface area contributed by atoms with Crippen LogP contribution in [0.25, 0.3) is 31.9 Å². The molecule has 320 valence electrons. The Balaban J connectivity index is 0.000000155. The van der Waals surface area contributed by atoms with Crippen molar-refractivity contribution in [2.24, 2.45) is 20.5 Å². The maximum atomic E-state index is 13.6. The Hall–Kier alpha value is -7.20. The highest BCUT2D eigenvalue weighted by atomic mass is 28.3. The number of rotatable bonds is 3. The minimum absolute atomic E-state index is 0.109. The Morgan fingerprint density at radius 2 is 1.05 bits per heavy atom. The molecule has 10 rings (SSSR count). The van der Waals surface area contributed by atoms with Crippen LogP contribution in [0.15, 0.2) is 150 Å². The standard InChI is InChI=1S/C27H21N3.C26H21NO.C5H11NSi/c1-29-24-10-4-8-20(14-24)21-11-12-23-17-27(26(30-18-28)25(23)15-21)13-5-9-19-6-2-3-7-22(19)16-27;1-27-23-10-4-8-19(14-23)20-11-12-22-17-26(25(28)24(22)15-20)13-5-9-18-6-2-3-7-21(18)16-26;1-5-6-7(2,3)4/h2-4,6-8,10-12,14-15H,5,9,13,16-17H2;2-4,6-8,10-12,14-15H,5,9,13,16-17H2;1H2,2-4H3. The van der Waals surface area contributed by atoms with Crippen LogP contribution in [-0.2, 0) is 38.5 Å². The van der Waals surface area contributed by atoms with Gasteiger partial charge in [0.15, 0.2) is 25.4 Å². The van der Waals surface area contributed by atoms with E-state index in [0.717, 1.165) is 103 Å². The van der Waals surface area contributed by atoms with Crippen LogP contribution < -0.4 is 0 Å². The van der Waals surface area contributed by atoms with Crippen molar-refractivity contribution in [2.75, 3.05) is 0 Å². The topological polar surface area (TPSA) is 74.3 Å². The van der Waals surface area contributed by atoms with E-state index in [1.54, 1.807) is 0 Å². The van der Waals surface area contributed by atoms with Crippen LogP contribution >= 0.6 is 0 Å². The van der Waals surface area contributed by atoms with Gasteiger partial charge in [-0.05, 0) is 176 Å². The van der Waals surface area contributed by atoms with E-state index in [1.165, 1.54) is 33.4 Å². The lowest BCUT2D eigenvalue weighted by Crippen LogP contribution is -2.30. The molecule has 0 fully saturated rings. The molecule has 0 aromatic heterocycles. The van der Waals surface area contributed by atoms with Gasteiger partial charge in [-0.1, -0.05) is 109 Å². The maximum Gasteiger partial charge on any atom is 0.205 e. The summed E-state index contributed by atoms with van der Waals surface area (Å²) in [5.74, 6) is 2.85. The van der Waals surface area contributed by atoms with Crippen molar-refractivity contribution in [3.05, 3.63) is 207 Å². The third-order valence-corrected chi connectivity index (χ3v) is 14.3. The largest absolute Gasteiger partial charge is 0.294 e. The number of nitrogens with zero attached hydrogens (tertiary/aromatic N) is 5. The molecule has 4 aliphatic carbocycles. The van der Waals surface area contributed by atoms with E-state index in [-0.39, 0.29) is 10.8 Å². The molecule has 4 aliphatic rings. The van der Waals surface area contributed by atoms with Crippen molar-refractivity contribution in [3.63, 3.8) is 0 Å². The molecular weight excluding hydrogens is 811 g/mol. The third-order valence-electron chi connectivity index (χ3n) is 13.5. The molecule has 6 aromatic carbocycles. The first-order valence-corrected chi connectivity index (χ1v) is 26.0. The van der Waals surface area contributed by atoms with Gasteiger partial charge in [0.05, 0.1) is 18.9 Å². The summed E-state index contributed by atoms with van der Waals surface area (Å²) in [7, 11) is -1.21. The molecule has 7 heteroatoms. The summed E-state index contributed by atoms with van der Waals surface area (Å²) in [5.41, 5.74) is 15.9. The SMILES string of the molecule is C=C=N[Si](C)(C)C.[C-]#[N+]c1cccc(-c2ccc3c(c2)C(=NC#N)C2(CCCc4ccccc4C2)C3)c1.[C-]#[N+]c1cccc(-c2ccc3c(c2)C(=O)C2(CCCc4ccccc4C2)C3)c1. The molecule has 0 bridgehead atoms. The van der Waals surface area contributed by atoms with E-state index in [0.29, 0.717) is 17.2 Å². The van der Waals surface area contributed by atoms with Gasteiger partial charge in [0.1, 0.15) is 0 Å². The van der Waals surface area contributed by atoms with Crippen LogP contribution in [0.2, 0.25) is 19.6 Å². The highest BCUT2D eigenvalue weighted by molar-refractivity contribution is 6.75. The van der Waals surface area contributed by atoms with E-state index in [1.807, 2.05) is 54.6 Å². The Bertz CT molecular complexity index is 3020. The zero-order valence-electron chi connectivity index (χ0n) is 37.6. The number of fused-ring (bicyclic) bond motifs is 4. The first-order chi connectivity index (χ1) is 31.5. The van der Waals surface area contributed by atoms with Crippen LogP contribution in [0, 0.1) is 35.4 Å². The van der Waals surface area contributed by atoms with Gasteiger partial charge in [0.2, 0.25) is 6.19 Å². The molecule has 0 saturated carbocycles. The number of benzene rings is 6. The van der Waals surface area contributed by atoms with Crippen molar-refractivity contribution in [1.82, 2.24) is 0 Å². The predicted octanol–water partition coefficient (Wildman–Crippen LogP) is 14.2. The molecule has 6 nitrogen and oxygen atoms in total. The van der Waals surface area contributed by atoms with E-state index in [2.05, 4.69) is 136 Å². The number of nitriles is 1. The summed E-state index contributed by atoms with van der Waals surface area (Å²) in [6.45, 7) is 24.4. The number of aliphatic imine (C=N–C) groups is 1. The van der Waals surface area contributed by atoms with E-state index in [4.69, 9.17) is 13.1 Å². The Morgan fingerprint density at radius 3 is 1.55 bits per heavy atom. The second kappa shape index (κ2) is 18.9. The summed E-state index contributed by atoms with van der Waals surface area (Å²) in [4.78, 5) is 25.1. The molecule has 0 amide bonds. The first-order valence-electron chi connectivity index (χ1n) is 22.6. The summed E-state index contributed by atoms with van der Waals surface area (Å²) in [5, 5.41) is 9.52. The van der Waals surface area contributed by atoms with E-state index >= 15 is 0 Å². The average molecular weight is 864 g/mol. The minimum atomic E-state index is -1.21. The number of hydrogen-bond acceptors (Lipinski definition) is 4. The van der Waals surface area contributed by atoms with Crippen molar-refractivity contribution >= 4 is 37.0 Å². The third kappa shape index (κ3) is 9.53. The molecule has 6 aromatic rings. The smallest absolute Gasteiger partial charge is 0.205 e. The zero-order chi connectivity index (χ0) is 45.6. The number of Topliss-reactive ketones (excluding diaryl/α,β-unsaturated/α-hetero) is 1. The normalized spacial score (nSPS) is 19.4. The van der Waals surface area contributed by atoms with Crippen LogP contribution in [-0.4, -0.2) is 25.6 Å².